The molecule has 0 radical (unpaired) electrons. The van der Waals surface area contributed by atoms with Crippen LogP contribution in [0.3, 0.4) is 0 Å². The van der Waals surface area contributed by atoms with Gasteiger partial charge in [-0.1, -0.05) is 12.0 Å². The summed E-state index contributed by atoms with van der Waals surface area (Å²) in [6.07, 6.45) is 0. The van der Waals surface area contributed by atoms with E-state index in [1.807, 2.05) is 6.92 Å². The van der Waals surface area contributed by atoms with Crippen LogP contribution in [0, 0.1) is 6.92 Å². The van der Waals surface area contributed by atoms with Crippen LogP contribution in [-0.4, -0.2) is 53.7 Å². The largest absolute Gasteiger partial charge is 0.468 e. The molecule has 0 bridgehead atoms. The van der Waals surface area contributed by atoms with Gasteiger partial charge in [-0.25, -0.2) is 0 Å². The molecular weight excluding hydrogens is 240 g/mol. The SMILES string of the molecule is CCN(CC(=O)Nc1nnc(C)o1)CC(=O)OC. The zero-order valence-electron chi connectivity index (χ0n) is 10.6. The lowest BCUT2D eigenvalue weighted by Crippen LogP contribution is -2.37. The third-order valence-corrected chi connectivity index (χ3v) is 2.17. The standard InChI is InChI=1S/C10H16N4O4/c1-4-14(6-9(16)17-3)5-8(15)11-10-13-12-7(2)18-10/h4-6H2,1-3H3,(H,11,13,15). The van der Waals surface area contributed by atoms with Crippen molar-refractivity contribution in [1.29, 1.82) is 0 Å². The average Bonchev–Trinajstić information content (AvgIpc) is 2.73. The van der Waals surface area contributed by atoms with Crippen molar-refractivity contribution in [3.8, 4) is 0 Å². The summed E-state index contributed by atoms with van der Waals surface area (Å²) in [5.41, 5.74) is 0. The van der Waals surface area contributed by atoms with Crippen LogP contribution in [0.4, 0.5) is 6.01 Å². The summed E-state index contributed by atoms with van der Waals surface area (Å²) in [6.45, 7) is 4.12. The zero-order chi connectivity index (χ0) is 13.5. The molecule has 0 unspecified atom stereocenters. The van der Waals surface area contributed by atoms with E-state index >= 15 is 0 Å². The number of anilines is 1. The van der Waals surface area contributed by atoms with Crippen molar-refractivity contribution in [3.05, 3.63) is 5.89 Å². The summed E-state index contributed by atoms with van der Waals surface area (Å²) in [5.74, 6) is -0.352. The van der Waals surface area contributed by atoms with Gasteiger partial charge in [0.2, 0.25) is 11.8 Å². The second-order valence-corrected chi connectivity index (χ2v) is 3.55. The molecule has 0 saturated heterocycles. The summed E-state index contributed by atoms with van der Waals surface area (Å²) in [6, 6.07) is 0.0478. The van der Waals surface area contributed by atoms with Gasteiger partial charge in [-0.2, -0.15) is 0 Å². The summed E-state index contributed by atoms with van der Waals surface area (Å²) in [7, 11) is 1.30. The second-order valence-electron chi connectivity index (χ2n) is 3.55. The molecule has 1 amide bonds. The molecule has 0 atom stereocenters. The molecule has 0 aromatic carbocycles. The Morgan fingerprint density at radius 3 is 2.61 bits per heavy atom. The maximum Gasteiger partial charge on any atom is 0.322 e. The first-order valence-corrected chi connectivity index (χ1v) is 5.44. The predicted octanol–water partition coefficient (Wildman–Crippen LogP) is -0.189. The van der Waals surface area contributed by atoms with E-state index in [0.717, 1.165) is 0 Å². The Morgan fingerprint density at radius 2 is 2.11 bits per heavy atom. The van der Waals surface area contributed by atoms with Gasteiger partial charge in [0.05, 0.1) is 20.2 Å². The van der Waals surface area contributed by atoms with Crippen LogP contribution in [-0.2, 0) is 14.3 Å². The average molecular weight is 256 g/mol. The van der Waals surface area contributed by atoms with Gasteiger partial charge >= 0.3 is 12.0 Å². The topological polar surface area (TPSA) is 97.6 Å². The van der Waals surface area contributed by atoms with Crippen molar-refractivity contribution in [1.82, 2.24) is 15.1 Å². The Kier molecular flexibility index (Phi) is 5.25. The van der Waals surface area contributed by atoms with E-state index in [-0.39, 0.29) is 25.0 Å². The highest BCUT2D eigenvalue weighted by atomic mass is 16.5. The number of esters is 1. The third kappa shape index (κ3) is 4.50. The van der Waals surface area contributed by atoms with Crippen molar-refractivity contribution >= 4 is 17.9 Å². The molecule has 0 aliphatic heterocycles. The summed E-state index contributed by atoms with van der Waals surface area (Å²) in [5, 5.41) is 9.66. The first-order chi connectivity index (χ1) is 8.55. The summed E-state index contributed by atoms with van der Waals surface area (Å²) in [4.78, 5) is 24.3. The lowest BCUT2D eigenvalue weighted by molar-refractivity contribution is -0.142. The Morgan fingerprint density at radius 1 is 1.39 bits per heavy atom. The molecule has 1 aromatic heterocycles. The van der Waals surface area contributed by atoms with E-state index in [1.165, 1.54) is 7.11 Å². The molecule has 0 saturated carbocycles. The zero-order valence-corrected chi connectivity index (χ0v) is 10.6. The summed E-state index contributed by atoms with van der Waals surface area (Å²) < 4.78 is 9.54. The summed E-state index contributed by atoms with van der Waals surface area (Å²) >= 11 is 0. The third-order valence-electron chi connectivity index (χ3n) is 2.17. The van der Waals surface area contributed by atoms with Crippen LogP contribution in [0.5, 0.6) is 0 Å². The van der Waals surface area contributed by atoms with Crippen molar-refractivity contribution in [2.45, 2.75) is 13.8 Å². The fourth-order valence-corrected chi connectivity index (χ4v) is 1.24. The molecular formula is C10H16N4O4. The Balaban J connectivity index is 2.44. The number of carbonyl (C=O) groups excluding carboxylic acids is 2. The molecule has 1 heterocycles. The number of hydrogen-bond acceptors (Lipinski definition) is 7. The molecule has 0 fully saturated rings. The fraction of sp³-hybridized carbons (Fsp3) is 0.600. The molecule has 1 aromatic rings. The minimum Gasteiger partial charge on any atom is -0.468 e. The number of aryl methyl sites for hydroxylation is 1. The van der Waals surface area contributed by atoms with Gasteiger partial charge in [-0.3, -0.25) is 19.8 Å². The number of hydrogen-bond donors (Lipinski definition) is 1. The lowest BCUT2D eigenvalue weighted by atomic mass is 10.4. The molecule has 0 aliphatic carbocycles. The van der Waals surface area contributed by atoms with Gasteiger partial charge in [0, 0.05) is 6.92 Å². The Labute approximate surface area is 104 Å². The van der Waals surface area contributed by atoms with E-state index in [9.17, 15) is 9.59 Å². The second kappa shape index (κ2) is 6.70. The maximum absolute atomic E-state index is 11.6. The molecule has 0 aliphatic rings. The van der Waals surface area contributed by atoms with Gasteiger partial charge in [-0.05, 0) is 6.54 Å². The van der Waals surface area contributed by atoms with Gasteiger partial charge < -0.3 is 9.15 Å². The molecule has 18 heavy (non-hydrogen) atoms. The number of methoxy groups -OCH3 is 1. The van der Waals surface area contributed by atoms with E-state index in [4.69, 9.17) is 4.42 Å². The van der Waals surface area contributed by atoms with Crippen molar-refractivity contribution in [2.24, 2.45) is 0 Å². The molecule has 8 heteroatoms. The van der Waals surface area contributed by atoms with Gasteiger partial charge in [0.15, 0.2) is 0 Å². The number of nitrogens with zero attached hydrogens (tertiary/aromatic N) is 3. The Hall–Kier alpha value is -1.96. The van der Waals surface area contributed by atoms with Gasteiger partial charge in [0.25, 0.3) is 0 Å². The van der Waals surface area contributed by atoms with E-state index in [0.29, 0.717) is 12.4 Å². The van der Waals surface area contributed by atoms with E-state index in [1.54, 1.807) is 11.8 Å². The number of likely N-dealkylation sites (N-methyl/N-ethyl adjacent to an activating group) is 1. The predicted molar refractivity (Wildman–Crippen MR) is 61.8 cm³/mol. The van der Waals surface area contributed by atoms with Crippen molar-refractivity contribution in [3.63, 3.8) is 0 Å². The van der Waals surface area contributed by atoms with Crippen molar-refractivity contribution < 1.29 is 18.7 Å². The highest BCUT2D eigenvalue weighted by Crippen LogP contribution is 2.03. The van der Waals surface area contributed by atoms with E-state index < -0.39 is 5.97 Å². The minimum atomic E-state index is -0.390. The van der Waals surface area contributed by atoms with Crippen LogP contribution in [0.2, 0.25) is 0 Å². The first-order valence-electron chi connectivity index (χ1n) is 5.44. The smallest absolute Gasteiger partial charge is 0.322 e. The number of rotatable bonds is 6. The number of nitrogens with one attached hydrogen (secondary N) is 1. The number of ether oxygens (including phenoxy) is 1. The maximum atomic E-state index is 11.6. The minimum absolute atomic E-state index is 0.0478. The van der Waals surface area contributed by atoms with Crippen LogP contribution < -0.4 is 5.32 Å². The van der Waals surface area contributed by atoms with E-state index in [2.05, 4.69) is 20.3 Å². The first kappa shape index (κ1) is 14.1. The highest BCUT2D eigenvalue weighted by molar-refractivity contribution is 5.90. The van der Waals surface area contributed by atoms with Crippen LogP contribution >= 0.6 is 0 Å². The normalized spacial score (nSPS) is 10.4. The van der Waals surface area contributed by atoms with Gasteiger partial charge in [-0.15, -0.1) is 5.10 Å². The monoisotopic (exact) mass is 256 g/mol. The lowest BCUT2D eigenvalue weighted by Gasteiger charge is -2.17. The van der Waals surface area contributed by atoms with Crippen LogP contribution in [0.1, 0.15) is 12.8 Å². The van der Waals surface area contributed by atoms with Gasteiger partial charge in [0.1, 0.15) is 0 Å². The van der Waals surface area contributed by atoms with Crippen molar-refractivity contribution in [2.75, 3.05) is 32.1 Å². The highest BCUT2D eigenvalue weighted by Gasteiger charge is 2.14. The molecule has 1 N–H and O–H groups in total. The number of carbonyl (C=O) groups is 2. The molecule has 8 nitrogen and oxygen atoms in total. The molecule has 1 rings (SSSR count). The molecule has 0 spiro atoms. The number of amides is 1. The fourth-order valence-electron chi connectivity index (χ4n) is 1.24. The van der Waals surface area contributed by atoms with Crippen LogP contribution in [0.25, 0.3) is 0 Å². The molecule has 100 valence electrons. The number of aromatic nitrogens is 2. The van der Waals surface area contributed by atoms with Crippen LogP contribution in [0.15, 0.2) is 4.42 Å². The Bertz CT molecular complexity index is 418. The quantitative estimate of drug-likeness (QED) is 0.704.